The molecule has 2 nitrogen and oxygen atoms in total. The van der Waals surface area contributed by atoms with Gasteiger partial charge in [-0.05, 0) is 17.7 Å². The maximum atomic E-state index is 12.9. The van der Waals surface area contributed by atoms with Gasteiger partial charge in [-0.25, -0.2) is 0 Å². The van der Waals surface area contributed by atoms with Crippen molar-refractivity contribution in [2.75, 3.05) is 31.2 Å². The van der Waals surface area contributed by atoms with E-state index in [2.05, 4.69) is 0 Å². The third kappa shape index (κ3) is 2.90. The Bertz CT molecular complexity index is 416. The van der Waals surface area contributed by atoms with Crippen LogP contribution in [0.3, 0.4) is 0 Å². The zero-order valence-electron chi connectivity index (χ0n) is 9.63. The summed E-state index contributed by atoms with van der Waals surface area (Å²) < 4.78 is 43.8. The van der Waals surface area contributed by atoms with E-state index in [0.29, 0.717) is 32.0 Å². The quantitative estimate of drug-likeness (QED) is 0.771. The molecule has 0 saturated carbocycles. The summed E-state index contributed by atoms with van der Waals surface area (Å²) in [6.07, 6.45) is -4.37. The molecule has 1 fully saturated rings. The van der Waals surface area contributed by atoms with Gasteiger partial charge in [0.1, 0.15) is 0 Å². The Morgan fingerprint density at radius 1 is 1.22 bits per heavy atom. The summed E-state index contributed by atoms with van der Waals surface area (Å²) in [6, 6.07) is 4.29. The summed E-state index contributed by atoms with van der Waals surface area (Å²) in [5.41, 5.74) is 0.0298. The molecule has 0 amide bonds. The molecular formula is C12H13ClF3NO. The molecule has 1 aromatic carbocycles. The van der Waals surface area contributed by atoms with Crippen molar-refractivity contribution in [2.45, 2.75) is 12.1 Å². The lowest BCUT2D eigenvalue weighted by atomic mass is 10.1. The Hall–Kier alpha value is -0.940. The third-order valence-electron chi connectivity index (χ3n) is 2.92. The van der Waals surface area contributed by atoms with Crippen molar-refractivity contribution in [3.05, 3.63) is 29.3 Å². The van der Waals surface area contributed by atoms with E-state index in [4.69, 9.17) is 16.3 Å². The van der Waals surface area contributed by atoms with E-state index < -0.39 is 11.7 Å². The largest absolute Gasteiger partial charge is 0.416 e. The number of benzene rings is 1. The van der Waals surface area contributed by atoms with Crippen LogP contribution in [-0.2, 0) is 16.8 Å². The van der Waals surface area contributed by atoms with Gasteiger partial charge >= 0.3 is 6.18 Å². The van der Waals surface area contributed by atoms with Gasteiger partial charge in [0.2, 0.25) is 0 Å². The molecule has 6 heteroatoms. The Morgan fingerprint density at radius 3 is 2.44 bits per heavy atom. The van der Waals surface area contributed by atoms with E-state index in [-0.39, 0.29) is 11.4 Å². The van der Waals surface area contributed by atoms with Gasteiger partial charge in [0, 0.05) is 24.7 Å². The van der Waals surface area contributed by atoms with Crippen molar-refractivity contribution in [3.8, 4) is 0 Å². The summed E-state index contributed by atoms with van der Waals surface area (Å²) in [6.45, 7) is 2.30. The van der Waals surface area contributed by atoms with E-state index >= 15 is 0 Å². The highest BCUT2D eigenvalue weighted by atomic mass is 35.5. The van der Waals surface area contributed by atoms with E-state index in [1.807, 2.05) is 4.90 Å². The lowest BCUT2D eigenvalue weighted by Gasteiger charge is -2.29. The Morgan fingerprint density at radius 2 is 1.89 bits per heavy atom. The number of halogens is 4. The first-order chi connectivity index (χ1) is 8.52. The summed E-state index contributed by atoms with van der Waals surface area (Å²) in [5.74, 6) is -0.141. The average Bonchev–Trinajstić information content (AvgIpc) is 2.38. The lowest BCUT2D eigenvalue weighted by Crippen LogP contribution is -2.36. The van der Waals surface area contributed by atoms with Crippen molar-refractivity contribution in [1.82, 2.24) is 0 Å². The van der Waals surface area contributed by atoms with E-state index in [9.17, 15) is 13.2 Å². The van der Waals surface area contributed by atoms with Crippen LogP contribution in [0.5, 0.6) is 0 Å². The van der Waals surface area contributed by atoms with Crippen molar-refractivity contribution in [2.24, 2.45) is 0 Å². The number of alkyl halides is 4. The highest BCUT2D eigenvalue weighted by Gasteiger charge is 2.33. The Kier molecular flexibility index (Phi) is 4.02. The molecule has 2 rings (SSSR count). The predicted octanol–water partition coefficient (Wildman–Crippen LogP) is 3.28. The van der Waals surface area contributed by atoms with Gasteiger partial charge in [0.05, 0.1) is 18.8 Å². The van der Waals surface area contributed by atoms with Gasteiger partial charge in [-0.2, -0.15) is 13.2 Å². The molecule has 0 atom stereocenters. The molecule has 0 aromatic heterocycles. The second-order valence-corrected chi connectivity index (χ2v) is 4.34. The monoisotopic (exact) mass is 279 g/mol. The molecule has 0 N–H and O–H groups in total. The molecule has 1 heterocycles. The van der Waals surface area contributed by atoms with E-state index in [1.165, 1.54) is 12.1 Å². The molecule has 1 aromatic rings. The van der Waals surface area contributed by atoms with E-state index in [1.54, 1.807) is 6.07 Å². The van der Waals surface area contributed by atoms with Gasteiger partial charge in [0.25, 0.3) is 0 Å². The van der Waals surface area contributed by atoms with Crippen LogP contribution in [0.2, 0.25) is 0 Å². The number of hydrogen-bond acceptors (Lipinski definition) is 2. The van der Waals surface area contributed by atoms with Gasteiger partial charge in [0.15, 0.2) is 0 Å². The molecule has 0 bridgehead atoms. The molecule has 0 unspecified atom stereocenters. The molecule has 100 valence electrons. The summed E-state index contributed by atoms with van der Waals surface area (Å²) in [4.78, 5) is 1.89. The minimum Gasteiger partial charge on any atom is -0.378 e. The number of rotatable bonds is 2. The Labute approximate surface area is 108 Å². The maximum Gasteiger partial charge on any atom is 0.416 e. The van der Waals surface area contributed by atoms with Gasteiger partial charge in [-0.3, -0.25) is 0 Å². The molecule has 0 radical (unpaired) electrons. The van der Waals surface area contributed by atoms with Gasteiger partial charge in [-0.1, -0.05) is 6.07 Å². The topological polar surface area (TPSA) is 12.5 Å². The normalized spacial score (nSPS) is 17.0. The van der Waals surface area contributed by atoms with Crippen LogP contribution >= 0.6 is 11.6 Å². The standard InChI is InChI=1S/C12H13ClF3NO/c13-8-9-1-2-10(7-11(9)12(14,15)16)17-3-5-18-6-4-17/h1-2,7H,3-6,8H2. The molecule has 18 heavy (non-hydrogen) atoms. The van der Waals surface area contributed by atoms with E-state index in [0.717, 1.165) is 0 Å². The fourth-order valence-electron chi connectivity index (χ4n) is 1.96. The van der Waals surface area contributed by atoms with Crippen LogP contribution in [0, 0.1) is 0 Å². The first-order valence-electron chi connectivity index (χ1n) is 5.61. The van der Waals surface area contributed by atoms with Gasteiger partial charge < -0.3 is 9.64 Å². The van der Waals surface area contributed by atoms with Crippen molar-refractivity contribution in [3.63, 3.8) is 0 Å². The summed E-state index contributed by atoms with van der Waals surface area (Å²) >= 11 is 5.54. The number of ether oxygens (including phenoxy) is 1. The van der Waals surface area contributed by atoms with Crippen LogP contribution in [0.15, 0.2) is 18.2 Å². The zero-order chi connectivity index (χ0) is 13.2. The first kappa shape index (κ1) is 13.5. The van der Waals surface area contributed by atoms with Crippen LogP contribution < -0.4 is 4.90 Å². The summed E-state index contributed by atoms with van der Waals surface area (Å²) in [7, 11) is 0. The minimum atomic E-state index is -4.37. The average molecular weight is 280 g/mol. The fourth-order valence-corrected chi connectivity index (χ4v) is 2.20. The second-order valence-electron chi connectivity index (χ2n) is 4.07. The maximum absolute atomic E-state index is 12.9. The number of morpholine rings is 1. The molecular weight excluding hydrogens is 267 g/mol. The fraction of sp³-hybridized carbons (Fsp3) is 0.500. The van der Waals surface area contributed by atoms with Crippen LogP contribution in [-0.4, -0.2) is 26.3 Å². The Balaban J connectivity index is 2.33. The molecule has 1 saturated heterocycles. The summed E-state index contributed by atoms with van der Waals surface area (Å²) in [5, 5.41) is 0. The van der Waals surface area contributed by atoms with Crippen molar-refractivity contribution < 1.29 is 17.9 Å². The minimum absolute atomic E-state index is 0.112. The first-order valence-corrected chi connectivity index (χ1v) is 6.14. The number of nitrogens with zero attached hydrogens (tertiary/aromatic N) is 1. The lowest BCUT2D eigenvalue weighted by molar-refractivity contribution is -0.138. The predicted molar refractivity (Wildman–Crippen MR) is 64.0 cm³/mol. The van der Waals surface area contributed by atoms with Crippen LogP contribution in [0.1, 0.15) is 11.1 Å². The second kappa shape index (κ2) is 5.36. The number of anilines is 1. The molecule has 1 aliphatic heterocycles. The molecule has 1 aliphatic rings. The highest BCUT2D eigenvalue weighted by Crippen LogP contribution is 2.35. The van der Waals surface area contributed by atoms with Crippen molar-refractivity contribution >= 4 is 17.3 Å². The number of hydrogen-bond donors (Lipinski definition) is 0. The molecule has 0 aliphatic carbocycles. The third-order valence-corrected chi connectivity index (χ3v) is 3.21. The smallest absolute Gasteiger partial charge is 0.378 e. The highest BCUT2D eigenvalue weighted by molar-refractivity contribution is 6.17. The SMILES string of the molecule is FC(F)(F)c1cc(N2CCOCC2)ccc1CCl. The van der Waals surface area contributed by atoms with Crippen LogP contribution in [0.25, 0.3) is 0 Å². The zero-order valence-corrected chi connectivity index (χ0v) is 10.4. The molecule has 0 spiro atoms. The van der Waals surface area contributed by atoms with Crippen molar-refractivity contribution in [1.29, 1.82) is 0 Å². The van der Waals surface area contributed by atoms with Gasteiger partial charge in [-0.15, -0.1) is 11.6 Å². The van der Waals surface area contributed by atoms with Crippen LogP contribution in [0.4, 0.5) is 18.9 Å².